The molecule has 118 valence electrons. The third kappa shape index (κ3) is 3.28. The van der Waals surface area contributed by atoms with Gasteiger partial charge in [0, 0.05) is 17.7 Å². The summed E-state index contributed by atoms with van der Waals surface area (Å²) in [5.41, 5.74) is 5.75. The fourth-order valence-corrected chi connectivity index (χ4v) is 2.50. The molecule has 1 aromatic carbocycles. The van der Waals surface area contributed by atoms with Crippen LogP contribution in [0.4, 0.5) is 0 Å². The predicted molar refractivity (Wildman–Crippen MR) is 84.3 cm³/mol. The average Bonchev–Trinajstić information content (AvgIpc) is 2.48. The Balaban J connectivity index is 2.50. The van der Waals surface area contributed by atoms with E-state index in [2.05, 4.69) is 17.9 Å². The zero-order valence-corrected chi connectivity index (χ0v) is 13.1. The first-order valence-electron chi connectivity index (χ1n) is 6.44. The van der Waals surface area contributed by atoms with E-state index < -0.39 is 11.4 Å². The molecule has 0 saturated heterocycles. The fraction of sp³-hybridized carbons (Fsp3) is 0.286. The van der Waals surface area contributed by atoms with Crippen LogP contribution in [0.25, 0.3) is 5.70 Å². The lowest BCUT2D eigenvalue weighted by Crippen LogP contribution is -2.49. The van der Waals surface area contributed by atoms with Crippen molar-refractivity contribution in [2.45, 2.75) is 5.50 Å². The van der Waals surface area contributed by atoms with Crippen LogP contribution in [-0.2, 0) is 9.59 Å². The lowest BCUT2D eigenvalue weighted by atomic mass is 10.1. The van der Waals surface area contributed by atoms with Gasteiger partial charge in [0.05, 0.1) is 26.5 Å². The van der Waals surface area contributed by atoms with Crippen molar-refractivity contribution in [3.8, 4) is 11.5 Å². The summed E-state index contributed by atoms with van der Waals surface area (Å²) in [6.07, 6.45) is 1.37. The number of hydrogen-bond acceptors (Lipinski definition) is 6. The molecule has 22 heavy (non-hydrogen) atoms. The van der Waals surface area contributed by atoms with Gasteiger partial charge in [-0.1, -0.05) is 0 Å². The molecule has 1 atom stereocenters. The van der Waals surface area contributed by atoms with Crippen molar-refractivity contribution in [3.05, 3.63) is 29.8 Å². The smallest absolute Gasteiger partial charge is 0.248 e. The first-order chi connectivity index (χ1) is 10.5. The number of carbonyl (C=O) groups excluding carboxylic acids is 2. The Morgan fingerprint density at radius 2 is 2.14 bits per heavy atom. The number of nitrogens with zero attached hydrogens (tertiary/aromatic N) is 1. The minimum atomic E-state index is -0.660. The molecule has 0 fully saturated rings. The zero-order valence-electron chi connectivity index (χ0n) is 12.2. The first kappa shape index (κ1) is 16.0. The van der Waals surface area contributed by atoms with Gasteiger partial charge in [-0.15, -0.1) is 12.6 Å². The average molecular weight is 323 g/mol. The van der Waals surface area contributed by atoms with E-state index in [9.17, 15) is 9.59 Å². The van der Waals surface area contributed by atoms with E-state index in [1.807, 2.05) is 0 Å². The van der Waals surface area contributed by atoms with Gasteiger partial charge in [-0.2, -0.15) is 0 Å². The Labute approximate surface area is 133 Å². The molecule has 7 nitrogen and oxygen atoms in total. The Morgan fingerprint density at radius 1 is 1.41 bits per heavy atom. The molecule has 0 radical (unpaired) electrons. The van der Waals surface area contributed by atoms with Crippen LogP contribution in [0.5, 0.6) is 11.5 Å². The van der Waals surface area contributed by atoms with Crippen molar-refractivity contribution in [2.75, 3.05) is 20.8 Å². The highest BCUT2D eigenvalue weighted by Gasteiger charge is 2.28. The summed E-state index contributed by atoms with van der Waals surface area (Å²) < 4.78 is 10.5. The Morgan fingerprint density at radius 3 is 2.73 bits per heavy atom. The monoisotopic (exact) mass is 323 g/mol. The highest BCUT2D eigenvalue weighted by molar-refractivity contribution is 7.80. The van der Waals surface area contributed by atoms with E-state index in [-0.39, 0.29) is 12.5 Å². The van der Waals surface area contributed by atoms with Gasteiger partial charge < -0.3 is 25.4 Å². The van der Waals surface area contributed by atoms with Crippen LogP contribution in [0.1, 0.15) is 5.56 Å². The second-order valence-electron chi connectivity index (χ2n) is 4.57. The predicted octanol–water partition coefficient (Wildman–Crippen LogP) is 0.175. The Bertz CT molecular complexity index is 633. The van der Waals surface area contributed by atoms with Crippen molar-refractivity contribution in [3.63, 3.8) is 0 Å². The van der Waals surface area contributed by atoms with Gasteiger partial charge >= 0.3 is 0 Å². The van der Waals surface area contributed by atoms with Crippen LogP contribution in [0.2, 0.25) is 0 Å². The largest absolute Gasteiger partial charge is 0.497 e. The third-order valence-corrected chi connectivity index (χ3v) is 3.56. The molecule has 2 rings (SSSR count). The van der Waals surface area contributed by atoms with Gasteiger partial charge in [-0.3, -0.25) is 9.59 Å². The molecule has 0 bridgehead atoms. The number of methoxy groups -OCH3 is 2. The highest BCUT2D eigenvalue weighted by Crippen LogP contribution is 2.34. The molecule has 1 aromatic rings. The van der Waals surface area contributed by atoms with Gasteiger partial charge in [0.25, 0.3) is 0 Å². The van der Waals surface area contributed by atoms with Crippen LogP contribution in [-0.4, -0.2) is 43.0 Å². The van der Waals surface area contributed by atoms with Gasteiger partial charge in [0.1, 0.15) is 17.0 Å². The van der Waals surface area contributed by atoms with Gasteiger partial charge in [-0.25, -0.2) is 0 Å². The molecule has 1 heterocycles. The second-order valence-corrected chi connectivity index (χ2v) is 5.06. The van der Waals surface area contributed by atoms with Crippen molar-refractivity contribution >= 4 is 30.1 Å². The lowest BCUT2D eigenvalue weighted by Gasteiger charge is -2.35. The van der Waals surface area contributed by atoms with Crippen molar-refractivity contribution < 1.29 is 19.1 Å². The molecule has 0 aliphatic carbocycles. The number of amides is 2. The summed E-state index contributed by atoms with van der Waals surface area (Å²) in [5, 5.41) is 2.60. The second kappa shape index (κ2) is 6.61. The lowest BCUT2D eigenvalue weighted by molar-refractivity contribution is -0.121. The molecular formula is C14H17N3O4S. The van der Waals surface area contributed by atoms with Crippen LogP contribution >= 0.6 is 12.6 Å². The van der Waals surface area contributed by atoms with Gasteiger partial charge in [-0.05, 0) is 12.1 Å². The van der Waals surface area contributed by atoms with E-state index in [0.29, 0.717) is 22.8 Å². The fourth-order valence-electron chi connectivity index (χ4n) is 2.17. The Hall–Kier alpha value is -2.35. The molecule has 1 aliphatic rings. The molecule has 0 aromatic heterocycles. The van der Waals surface area contributed by atoms with Crippen molar-refractivity contribution in [1.82, 2.24) is 10.2 Å². The van der Waals surface area contributed by atoms with Crippen LogP contribution < -0.4 is 20.5 Å². The zero-order chi connectivity index (χ0) is 16.3. The summed E-state index contributed by atoms with van der Waals surface area (Å²) in [5.74, 6) is 0.280. The van der Waals surface area contributed by atoms with Crippen LogP contribution in [0.3, 0.4) is 0 Å². The highest BCUT2D eigenvalue weighted by atomic mass is 32.1. The third-order valence-electron chi connectivity index (χ3n) is 3.15. The summed E-state index contributed by atoms with van der Waals surface area (Å²) in [6.45, 7) is -0.0878. The molecule has 2 amide bonds. The number of carbonyl (C=O) groups is 2. The van der Waals surface area contributed by atoms with Crippen LogP contribution in [0.15, 0.2) is 24.3 Å². The van der Waals surface area contributed by atoms with Gasteiger partial charge in [0.15, 0.2) is 0 Å². The topological polar surface area (TPSA) is 93.9 Å². The maximum Gasteiger partial charge on any atom is 0.248 e. The van der Waals surface area contributed by atoms with E-state index in [1.165, 1.54) is 13.2 Å². The summed E-state index contributed by atoms with van der Waals surface area (Å²) in [7, 11) is 3.06. The number of rotatable bonds is 5. The molecular weight excluding hydrogens is 306 g/mol. The number of thiol groups is 1. The number of nitrogens with one attached hydrogen (secondary N) is 1. The molecule has 8 heteroatoms. The molecule has 0 saturated carbocycles. The SMILES string of the molecule is COc1ccc(C2=CC(=O)NC(S)N2CC(N)=O)c(OC)c1. The maximum atomic E-state index is 11.8. The molecule has 3 N–H and O–H groups in total. The van der Waals surface area contributed by atoms with Crippen molar-refractivity contribution in [2.24, 2.45) is 5.73 Å². The molecule has 1 aliphatic heterocycles. The number of nitrogens with two attached hydrogens (primary N) is 1. The maximum absolute atomic E-state index is 11.8. The van der Waals surface area contributed by atoms with E-state index in [4.69, 9.17) is 15.2 Å². The number of primary amides is 1. The quantitative estimate of drug-likeness (QED) is 0.672. The number of ether oxygens (including phenoxy) is 2. The standard InChI is InChI=1S/C14H17N3O4S/c1-20-8-3-4-9(11(5-8)21-2)10-6-13(19)16-14(22)17(10)7-12(15)18/h3-6,14,22H,7H2,1-2H3,(H2,15,18)(H,16,19). The van der Waals surface area contributed by atoms with E-state index >= 15 is 0 Å². The van der Waals surface area contributed by atoms with Gasteiger partial charge in [0.2, 0.25) is 11.8 Å². The minimum absolute atomic E-state index is 0.0878. The van der Waals surface area contributed by atoms with Crippen molar-refractivity contribution in [1.29, 1.82) is 0 Å². The number of benzene rings is 1. The first-order valence-corrected chi connectivity index (χ1v) is 6.95. The molecule has 1 unspecified atom stereocenters. The summed E-state index contributed by atoms with van der Waals surface area (Å²) in [6, 6.07) is 5.18. The minimum Gasteiger partial charge on any atom is -0.497 e. The van der Waals surface area contributed by atoms with Crippen LogP contribution in [0, 0.1) is 0 Å². The molecule has 0 spiro atoms. The van der Waals surface area contributed by atoms with E-state index in [0.717, 1.165) is 0 Å². The van der Waals surface area contributed by atoms with E-state index in [1.54, 1.807) is 30.2 Å². The summed E-state index contributed by atoms with van der Waals surface area (Å²) in [4.78, 5) is 24.6. The number of hydrogen-bond donors (Lipinski definition) is 3. The summed E-state index contributed by atoms with van der Waals surface area (Å²) >= 11 is 4.28. The normalized spacial score (nSPS) is 17.6. The Kier molecular flexibility index (Phi) is 4.81.